The van der Waals surface area contributed by atoms with E-state index in [4.69, 9.17) is 0 Å². The molecule has 2 fully saturated rings. The molecule has 0 aliphatic carbocycles. The fraction of sp³-hybridized carbons (Fsp3) is 0.526. The summed E-state index contributed by atoms with van der Waals surface area (Å²) in [6.45, 7) is 1.91. The van der Waals surface area contributed by atoms with E-state index in [0.29, 0.717) is 44.6 Å². The molecule has 3 amide bonds. The first-order chi connectivity index (χ1) is 13.0. The molecular formula is C19H23FN4O3. The molecule has 7 nitrogen and oxygen atoms in total. The van der Waals surface area contributed by atoms with Crippen LogP contribution in [0.2, 0.25) is 0 Å². The number of amides is 3. The van der Waals surface area contributed by atoms with E-state index in [2.05, 4.69) is 16.0 Å². The summed E-state index contributed by atoms with van der Waals surface area (Å²) in [6, 6.07) is 5.20. The molecule has 2 saturated heterocycles. The Morgan fingerprint density at radius 2 is 2.11 bits per heavy atom. The summed E-state index contributed by atoms with van der Waals surface area (Å²) in [6.07, 6.45) is 0.314. The van der Waals surface area contributed by atoms with E-state index in [1.807, 2.05) is 18.2 Å². The number of imide groups is 1. The smallest absolute Gasteiger partial charge is 0.255 e. The van der Waals surface area contributed by atoms with Gasteiger partial charge in [-0.2, -0.15) is 0 Å². The Bertz CT molecular complexity index is 784. The fourth-order valence-electron chi connectivity index (χ4n) is 4.14. The standard InChI is InChI=1S/C19H23FN4O3/c20-13-6-14(22-8-13)9-21-7-11-2-1-3-12-10-24(19(27)17(11)12)15-4-5-16(25)23-18(15)26/h1-3,13-15,21-22H,4-10H2,(H,23,25,26)/t13-,14+,15?/m1/s1. The first-order valence-electron chi connectivity index (χ1n) is 9.36. The third kappa shape index (κ3) is 3.59. The van der Waals surface area contributed by atoms with Crippen molar-refractivity contribution in [1.82, 2.24) is 20.9 Å². The molecule has 3 aliphatic rings. The Morgan fingerprint density at radius 1 is 1.26 bits per heavy atom. The van der Waals surface area contributed by atoms with Crippen LogP contribution in [0, 0.1) is 0 Å². The zero-order chi connectivity index (χ0) is 19.0. The summed E-state index contributed by atoms with van der Waals surface area (Å²) in [7, 11) is 0. The molecule has 0 radical (unpaired) electrons. The van der Waals surface area contributed by atoms with Crippen LogP contribution in [0.1, 0.15) is 40.7 Å². The van der Waals surface area contributed by atoms with Crippen LogP contribution in [0.5, 0.6) is 0 Å². The van der Waals surface area contributed by atoms with Gasteiger partial charge in [-0.15, -0.1) is 0 Å². The Kier molecular flexibility index (Phi) is 4.92. The number of piperidine rings is 1. The zero-order valence-electron chi connectivity index (χ0n) is 15.0. The molecule has 3 atom stereocenters. The van der Waals surface area contributed by atoms with Gasteiger partial charge < -0.3 is 15.5 Å². The van der Waals surface area contributed by atoms with Crippen molar-refractivity contribution in [3.63, 3.8) is 0 Å². The lowest BCUT2D eigenvalue weighted by atomic mass is 10.0. The van der Waals surface area contributed by atoms with Gasteiger partial charge in [-0.1, -0.05) is 18.2 Å². The topological polar surface area (TPSA) is 90.5 Å². The molecule has 0 bridgehead atoms. The number of nitrogens with zero attached hydrogens (tertiary/aromatic N) is 1. The van der Waals surface area contributed by atoms with Crippen LogP contribution >= 0.6 is 0 Å². The van der Waals surface area contributed by atoms with E-state index in [-0.39, 0.29) is 24.3 Å². The fourth-order valence-corrected chi connectivity index (χ4v) is 4.14. The van der Waals surface area contributed by atoms with Gasteiger partial charge in [-0.05, 0) is 24.0 Å². The molecule has 1 unspecified atom stereocenters. The molecular weight excluding hydrogens is 351 g/mol. The molecule has 3 heterocycles. The summed E-state index contributed by atoms with van der Waals surface area (Å²) < 4.78 is 13.2. The van der Waals surface area contributed by atoms with Crippen molar-refractivity contribution >= 4 is 17.7 Å². The van der Waals surface area contributed by atoms with Gasteiger partial charge in [-0.3, -0.25) is 19.7 Å². The van der Waals surface area contributed by atoms with Crippen LogP contribution in [0.4, 0.5) is 4.39 Å². The zero-order valence-corrected chi connectivity index (χ0v) is 15.0. The van der Waals surface area contributed by atoms with Crippen LogP contribution in [-0.2, 0) is 22.7 Å². The summed E-state index contributed by atoms with van der Waals surface area (Å²) in [4.78, 5) is 38.0. The number of benzene rings is 1. The van der Waals surface area contributed by atoms with Gasteiger partial charge in [0.15, 0.2) is 0 Å². The average molecular weight is 374 g/mol. The van der Waals surface area contributed by atoms with Crippen molar-refractivity contribution in [3.8, 4) is 0 Å². The maximum atomic E-state index is 13.2. The second kappa shape index (κ2) is 7.36. The molecule has 27 heavy (non-hydrogen) atoms. The second-order valence-corrected chi connectivity index (χ2v) is 7.42. The number of alkyl halides is 1. The number of carbonyl (C=O) groups is 3. The first-order valence-corrected chi connectivity index (χ1v) is 9.36. The van der Waals surface area contributed by atoms with Crippen LogP contribution in [-0.4, -0.2) is 54.0 Å². The second-order valence-electron chi connectivity index (χ2n) is 7.42. The molecule has 4 rings (SSSR count). The molecule has 0 aromatic heterocycles. The molecule has 0 spiro atoms. The first kappa shape index (κ1) is 18.1. The highest BCUT2D eigenvalue weighted by molar-refractivity contribution is 6.05. The van der Waals surface area contributed by atoms with Gasteiger partial charge in [0.2, 0.25) is 11.8 Å². The lowest BCUT2D eigenvalue weighted by Crippen LogP contribution is -2.52. The summed E-state index contributed by atoms with van der Waals surface area (Å²) in [5.74, 6) is -0.860. The summed E-state index contributed by atoms with van der Waals surface area (Å²) >= 11 is 0. The van der Waals surface area contributed by atoms with Crippen molar-refractivity contribution in [2.75, 3.05) is 13.1 Å². The lowest BCUT2D eigenvalue weighted by Gasteiger charge is -2.29. The van der Waals surface area contributed by atoms with E-state index in [0.717, 1.165) is 11.1 Å². The highest BCUT2D eigenvalue weighted by Gasteiger charge is 2.39. The number of nitrogens with one attached hydrogen (secondary N) is 3. The van der Waals surface area contributed by atoms with Crippen molar-refractivity contribution in [3.05, 3.63) is 34.9 Å². The largest absolute Gasteiger partial charge is 0.322 e. The molecule has 3 N–H and O–H groups in total. The Balaban J connectivity index is 1.43. The Labute approximate surface area is 156 Å². The number of fused-ring (bicyclic) bond motifs is 1. The van der Waals surface area contributed by atoms with Gasteiger partial charge in [0.25, 0.3) is 5.91 Å². The minimum Gasteiger partial charge on any atom is -0.322 e. The quantitative estimate of drug-likeness (QED) is 0.643. The van der Waals surface area contributed by atoms with Gasteiger partial charge in [-0.25, -0.2) is 4.39 Å². The van der Waals surface area contributed by atoms with Crippen molar-refractivity contribution in [2.24, 2.45) is 0 Å². The summed E-state index contributed by atoms with van der Waals surface area (Å²) in [5, 5.41) is 8.74. The normalized spacial score (nSPS) is 27.8. The van der Waals surface area contributed by atoms with E-state index in [1.165, 1.54) is 0 Å². The van der Waals surface area contributed by atoms with Crippen LogP contribution < -0.4 is 16.0 Å². The monoisotopic (exact) mass is 374 g/mol. The van der Waals surface area contributed by atoms with E-state index in [1.54, 1.807) is 4.90 Å². The van der Waals surface area contributed by atoms with E-state index < -0.39 is 18.1 Å². The minimum atomic E-state index is -0.790. The molecule has 1 aromatic carbocycles. The molecule has 144 valence electrons. The molecule has 0 saturated carbocycles. The predicted octanol–water partition coefficient (Wildman–Crippen LogP) is 0.237. The number of hydrogen-bond donors (Lipinski definition) is 3. The molecule has 1 aromatic rings. The SMILES string of the molecule is O=C1CCC(N2Cc3cccc(CNC[C@@H]4C[C@@H](F)CN4)c3C2=O)C(=O)N1. The van der Waals surface area contributed by atoms with Gasteiger partial charge >= 0.3 is 0 Å². The Morgan fingerprint density at radius 3 is 2.85 bits per heavy atom. The van der Waals surface area contributed by atoms with E-state index >= 15 is 0 Å². The van der Waals surface area contributed by atoms with Gasteiger partial charge in [0.05, 0.1) is 0 Å². The van der Waals surface area contributed by atoms with Crippen LogP contribution in [0.25, 0.3) is 0 Å². The number of halogens is 1. The van der Waals surface area contributed by atoms with Crippen molar-refractivity contribution in [2.45, 2.75) is 50.6 Å². The maximum absolute atomic E-state index is 13.2. The van der Waals surface area contributed by atoms with E-state index in [9.17, 15) is 18.8 Å². The van der Waals surface area contributed by atoms with Gasteiger partial charge in [0.1, 0.15) is 12.2 Å². The predicted molar refractivity (Wildman–Crippen MR) is 95.5 cm³/mol. The van der Waals surface area contributed by atoms with Crippen molar-refractivity contribution < 1.29 is 18.8 Å². The van der Waals surface area contributed by atoms with Crippen molar-refractivity contribution in [1.29, 1.82) is 0 Å². The Hall–Kier alpha value is -2.32. The molecule has 8 heteroatoms. The maximum Gasteiger partial charge on any atom is 0.255 e. The highest BCUT2D eigenvalue weighted by atomic mass is 19.1. The van der Waals surface area contributed by atoms with Crippen LogP contribution in [0.15, 0.2) is 18.2 Å². The minimum absolute atomic E-state index is 0.104. The lowest BCUT2D eigenvalue weighted by molar-refractivity contribution is -0.136. The number of rotatable bonds is 5. The number of carbonyl (C=O) groups excluding carboxylic acids is 3. The van der Waals surface area contributed by atoms with Crippen LogP contribution in [0.3, 0.4) is 0 Å². The molecule has 3 aliphatic heterocycles. The highest BCUT2D eigenvalue weighted by Crippen LogP contribution is 2.29. The number of hydrogen-bond acceptors (Lipinski definition) is 5. The summed E-state index contributed by atoms with van der Waals surface area (Å²) in [5.41, 5.74) is 2.41. The average Bonchev–Trinajstić information content (AvgIpc) is 3.19. The van der Waals surface area contributed by atoms with Gasteiger partial charge in [0, 0.05) is 44.2 Å². The third-order valence-electron chi connectivity index (χ3n) is 5.51. The third-order valence-corrected chi connectivity index (χ3v) is 5.51.